The van der Waals surface area contributed by atoms with Gasteiger partial charge in [0.2, 0.25) is 0 Å². The van der Waals surface area contributed by atoms with Crippen molar-refractivity contribution in [2.24, 2.45) is 0 Å². The maximum atomic E-state index is 13.0. The molecule has 0 spiro atoms. The van der Waals surface area contributed by atoms with Crippen molar-refractivity contribution >= 4 is 12.4 Å². The quantitative estimate of drug-likeness (QED) is 0.144. The largest absolute Gasteiger partial charge is 0.319 e. The molecule has 0 saturated heterocycles. The van der Waals surface area contributed by atoms with Crippen LogP contribution < -0.4 is 5.30 Å². The van der Waals surface area contributed by atoms with Crippen molar-refractivity contribution < 1.29 is 4.57 Å². The summed E-state index contributed by atoms with van der Waals surface area (Å²) in [5.41, 5.74) is 13.9. The third-order valence-corrected chi connectivity index (χ3v) is 13.0. The molecule has 1 aliphatic carbocycles. The third-order valence-electron chi connectivity index (χ3n) is 11.5. The van der Waals surface area contributed by atoms with Crippen LogP contribution in [0.1, 0.15) is 22.3 Å². The summed E-state index contributed by atoms with van der Waals surface area (Å²) in [5.74, 6) is 1.78. The molecule has 10 rings (SSSR count). The van der Waals surface area contributed by atoms with E-state index in [9.17, 15) is 4.57 Å². The molecule has 0 N–H and O–H groups in total. The van der Waals surface area contributed by atoms with E-state index < -0.39 is 12.6 Å². The van der Waals surface area contributed by atoms with Crippen molar-refractivity contribution in [2.75, 3.05) is 13.3 Å². The molecular weight excluding hydrogens is 738 g/mol. The Labute approximate surface area is 345 Å². The number of rotatable bonds is 8. The van der Waals surface area contributed by atoms with Crippen molar-refractivity contribution in [1.82, 2.24) is 15.0 Å². The Morgan fingerprint density at radius 1 is 0.373 bits per heavy atom. The Kier molecular flexibility index (Phi) is 9.08. The fourth-order valence-corrected chi connectivity index (χ4v) is 9.66. The number of nitrogens with zero attached hydrogens (tertiary/aromatic N) is 3. The number of benzene rings is 8. The van der Waals surface area contributed by atoms with Gasteiger partial charge in [-0.25, -0.2) is 15.0 Å². The van der Waals surface area contributed by atoms with Gasteiger partial charge < -0.3 is 4.57 Å². The Morgan fingerprint density at radius 2 is 0.797 bits per heavy atom. The molecular formula is C54H40N3OP. The van der Waals surface area contributed by atoms with E-state index in [0.717, 1.165) is 44.2 Å². The van der Waals surface area contributed by atoms with E-state index >= 15 is 0 Å². The molecule has 0 fully saturated rings. The fourth-order valence-electron chi connectivity index (χ4n) is 8.77. The van der Waals surface area contributed by atoms with Gasteiger partial charge in [-0.2, -0.15) is 0 Å². The first-order chi connectivity index (χ1) is 28.9. The average Bonchev–Trinajstić information content (AvgIpc) is 3.61. The molecule has 0 amide bonds. The molecule has 5 heteroatoms. The summed E-state index contributed by atoms with van der Waals surface area (Å²) in [6.07, 6.45) is 0. The summed E-state index contributed by atoms with van der Waals surface area (Å²) >= 11 is 0. The maximum absolute atomic E-state index is 13.0. The number of aromatic nitrogens is 3. The van der Waals surface area contributed by atoms with Gasteiger partial charge in [-0.1, -0.05) is 188 Å². The molecule has 0 radical (unpaired) electrons. The van der Waals surface area contributed by atoms with Crippen LogP contribution in [0.3, 0.4) is 0 Å². The molecule has 0 saturated carbocycles. The number of hydrogen-bond acceptors (Lipinski definition) is 4. The molecule has 282 valence electrons. The summed E-state index contributed by atoms with van der Waals surface area (Å²) < 4.78 is 13.0. The lowest BCUT2D eigenvalue weighted by Crippen LogP contribution is -2.28. The molecule has 0 aliphatic heterocycles. The monoisotopic (exact) mass is 777 g/mol. The van der Waals surface area contributed by atoms with Crippen LogP contribution in [-0.4, -0.2) is 28.3 Å². The van der Waals surface area contributed by atoms with E-state index in [0.29, 0.717) is 17.5 Å². The van der Waals surface area contributed by atoms with E-state index in [1.165, 1.54) is 33.4 Å². The number of hydrogen-bond donors (Lipinski definition) is 0. The molecule has 0 unspecified atom stereocenters. The van der Waals surface area contributed by atoms with E-state index in [1.807, 2.05) is 74.0 Å². The lowest BCUT2D eigenvalue weighted by molar-refractivity contribution is 0.588. The summed E-state index contributed by atoms with van der Waals surface area (Å²) in [5, 5.41) is 0.854. The molecule has 0 bridgehead atoms. The van der Waals surface area contributed by atoms with E-state index in [4.69, 9.17) is 15.0 Å². The lowest BCUT2D eigenvalue weighted by Gasteiger charge is -2.34. The zero-order valence-corrected chi connectivity index (χ0v) is 33.7. The minimum atomic E-state index is -2.43. The highest BCUT2D eigenvalue weighted by molar-refractivity contribution is 7.70. The van der Waals surface area contributed by atoms with Crippen LogP contribution in [-0.2, 0) is 9.98 Å². The normalized spacial score (nSPS) is 12.8. The molecule has 1 aromatic heterocycles. The molecule has 1 heterocycles. The second-order valence-electron chi connectivity index (χ2n) is 15.5. The van der Waals surface area contributed by atoms with Gasteiger partial charge in [0.15, 0.2) is 17.5 Å². The van der Waals surface area contributed by atoms with Gasteiger partial charge >= 0.3 is 0 Å². The molecule has 9 aromatic rings. The zero-order valence-electron chi connectivity index (χ0n) is 32.8. The highest BCUT2D eigenvalue weighted by Gasteiger charge is 2.46. The minimum Gasteiger partial charge on any atom is -0.319 e. The maximum Gasteiger partial charge on any atom is 0.164 e. The first kappa shape index (κ1) is 36.3. The summed E-state index contributed by atoms with van der Waals surface area (Å²) in [6.45, 7) is 3.61. The first-order valence-electron chi connectivity index (χ1n) is 19.9. The van der Waals surface area contributed by atoms with Gasteiger partial charge in [-0.05, 0) is 87.2 Å². The van der Waals surface area contributed by atoms with E-state index in [2.05, 4.69) is 146 Å². The van der Waals surface area contributed by atoms with Crippen molar-refractivity contribution in [3.8, 4) is 67.5 Å². The molecule has 8 aromatic carbocycles. The molecule has 4 nitrogen and oxygen atoms in total. The van der Waals surface area contributed by atoms with Crippen molar-refractivity contribution in [3.05, 3.63) is 229 Å². The Morgan fingerprint density at radius 3 is 1.42 bits per heavy atom. The van der Waals surface area contributed by atoms with Crippen LogP contribution >= 0.6 is 7.14 Å². The van der Waals surface area contributed by atoms with Gasteiger partial charge in [-0.3, -0.25) is 0 Å². The smallest absolute Gasteiger partial charge is 0.164 e. The number of fused-ring (bicyclic) bond motifs is 3. The van der Waals surface area contributed by atoms with E-state index in [1.54, 1.807) is 0 Å². The van der Waals surface area contributed by atoms with Gasteiger partial charge in [-0.15, -0.1) is 0 Å². The van der Waals surface area contributed by atoms with Crippen molar-refractivity contribution in [3.63, 3.8) is 0 Å². The van der Waals surface area contributed by atoms with Crippen molar-refractivity contribution in [2.45, 2.75) is 5.41 Å². The predicted octanol–water partition coefficient (Wildman–Crippen LogP) is 12.8. The predicted molar refractivity (Wildman–Crippen MR) is 243 cm³/mol. The Hall–Kier alpha value is -7.00. The van der Waals surface area contributed by atoms with Crippen molar-refractivity contribution in [1.29, 1.82) is 0 Å². The van der Waals surface area contributed by atoms with Gasteiger partial charge in [0.05, 0.1) is 5.41 Å². The van der Waals surface area contributed by atoms with Crippen LogP contribution in [0.25, 0.3) is 67.5 Å². The van der Waals surface area contributed by atoms with Crippen LogP contribution in [0.5, 0.6) is 0 Å². The molecule has 1 aliphatic rings. The van der Waals surface area contributed by atoms with Crippen LogP contribution in [0.4, 0.5) is 0 Å². The molecule has 0 atom stereocenters. The van der Waals surface area contributed by atoms with Crippen LogP contribution in [0.2, 0.25) is 0 Å². The van der Waals surface area contributed by atoms with Gasteiger partial charge in [0, 0.05) is 22.0 Å². The summed E-state index contributed by atoms with van der Waals surface area (Å²) in [4.78, 5) is 15.3. The lowest BCUT2D eigenvalue weighted by atomic mass is 9.67. The Balaban J connectivity index is 1.13. The third kappa shape index (κ3) is 6.43. The fraction of sp³-hybridized carbons (Fsp3) is 0.0556. The second-order valence-corrected chi connectivity index (χ2v) is 18.7. The first-order valence-corrected chi connectivity index (χ1v) is 22.5. The highest BCUT2D eigenvalue weighted by atomic mass is 31.2. The Bertz CT molecular complexity index is 3010. The summed E-state index contributed by atoms with van der Waals surface area (Å²) in [7, 11) is -2.43. The zero-order chi connectivity index (χ0) is 40.0. The summed E-state index contributed by atoms with van der Waals surface area (Å²) in [6, 6.07) is 72.3. The van der Waals surface area contributed by atoms with Crippen LogP contribution in [0, 0.1) is 0 Å². The van der Waals surface area contributed by atoms with E-state index in [-0.39, 0.29) is 0 Å². The highest BCUT2D eigenvalue weighted by Crippen LogP contribution is 2.58. The van der Waals surface area contributed by atoms with Gasteiger partial charge in [0.1, 0.15) is 7.14 Å². The minimum absolute atomic E-state index is 0.488. The molecule has 59 heavy (non-hydrogen) atoms. The SMILES string of the molecule is CP(C)(=O)c1cccc(-c2cccc(-c3nc(-c4ccccc4)nc(-c4cccc(-c5cccc6c5-c5ccccc5C6(c5ccccc5)c5ccccc5)c4)n3)c2)c1. The second kappa shape index (κ2) is 14.7. The topological polar surface area (TPSA) is 55.7 Å². The average molecular weight is 778 g/mol. The standard InChI is InChI=1S/C54H40N3OP/c1-59(2,58)45-29-16-21-39(36-45)38-20-14-23-41(34-38)52-55-51(37-18-6-3-7-19-37)56-53(57-52)42-24-15-22-40(35-42)46-31-17-33-49-50(46)47-30-12-13-32-48(47)54(49,43-25-8-4-9-26-43)44-27-10-5-11-28-44/h3-36H,1-2H3. The van der Waals surface area contributed by atoms with Crippen LogP contribution in [0.15, 0.2) is 206 Å². The van der Waals surface area contributed by atoms with Gasteiger partial charge in [0.25, 0.3) is 0 Å².